The van der Waals surface area contributed by atoms with Crippen molar-refractivity contribution >= 4 is 5.91 Å². The molecule has 0 spiro atoms. The molecule has 0 bridgehead atoms. The maximum atomic E-state index is 12.5. The molecule has 0 saturated heterocycles. The molecule has 0 unspecified atom stereocenters. The van der Waals surface area contributed by atoms with Crippen molar-refractivity contribution in [1.82, 2.24) is 15.1 Å². The van der Waals surface area contributed by atoms with E-state index in [1.807, 2.05) is 0 Å². The monoisotopic (exact) mass is 281 g/mol. The Bertz CT molecular complexity index is 294. The molecule has 2 aliphatic carbocycles. The third-order valence-electron chi connectivity index (χ3n) is 4.77. The first-order valence-corrected chi connectivity index (χ1v) is 8.34. The molecule has 116 valence electrons. The fraction of sp³-hybridized carbons (Fsp3) is 0.938. The summed E-state index contributed by atoms with van der Waals surface area (Å²) in [6.45, 7) is 2.38. The number of carbonyl (C=O) groups is 1. The summed E-state index contributed by atoms with van der Waals surface area (Å²) in [5, 5.41) is 3.47. The Morgan fingerprint density at radius 3 is 2.20 bits per heavy atom. The average Bonchev–Trinajstić information content (AvgIpc) is 3.09. The van der Waals surface area contributed by atoms with Gasteiger partial charge in [-0.1, -0.05) is 25.7 Å². The highest BCUT2D eigenvalue weighted by Crippen LogP contribution is 2.23. The van der Waals surface area contributed by atoms with Gasteiger partial charge in [-0.05, 0) is 39.8 Å². The van der Waals surface area contributed by atoms with Crippen molar-refractivity contribution in [2.24, 2.45) is 0 Å². The van der Waals surface area contributed by atoms with Crippen LogP contribution >= 0.6 is 0 Å². The molecule has 2 rings (SSSR count). The largest absolute Gasteiger partial charge is 0.337 e. The quantitative estimate of drug-likeness (QED) is 0.773. The number of carbonyl (C=O) groups excluding carboxylic acids is 1. The van der Waals surface area contributed by atoms with Crippen molar-refractivity contribution in [3.63, 3.8) is 0 Å². The van der Waals surface area contributed by atoms with Crippen LogP contribution in [0.25, 0.3) is 0 Å². The third-order valence-corrected chi connectivity index (χ3v) is 4.77. The van der Waals surface area contributed by atoms with Crippen molar-refractivity contribution in [3.05, 3.63) is 0 Å². The van der Waals surface area contributed by atoms with E-state index in [4.69, 9.17) is 0 Å². The van der Waals surface area contributed by atoms with Crippen molar-refractivity contribution in [2.75, 3.05) is 33.7 Å². The van der Waals surface area contributed by atoms with Gasteiger partial charge in [0.15, 0.2) is 0 Å². The second-order valence-electron chi connectivity index (χ2n) is 6.69. The van der Waals surface area contributed by atoms with Gasteiger partial charge in [-0.15, -0.1) is 0 Å². The summed E-state index contributed by atoms with van der Waals surface area (Å²) in [5.41, 5.74) is 0. The van der Waals surface area contributed by atoms with Gasteiger partial charge in [-0.25, -0.2) is 0 Å². The molecule has 0 aromatic rings. The number of rotatable bonds is 7. The zero-order chi connectivity index (χ0) is 14.4. The molecule has 2 fully saturated rings. The molecule has 0 radical (unpaired) electrons. The minimum Gasteiger partial charge on any atom is -0.337 e. The molecule has 1 N–H and O–H groups in total. The summed E-state index contributed by atoms with van der Waals surface area (Å²) in [4.78, 5) is 16.9. The van der Waals surface area contributed by atoms with Crippen molar-refractivity contribution in [3.8, 4) is 0 Å². The molecule has 0 aromatic heterocycles. The average molecular weight is 281 g/mol. The van der Waals surface area contributed by atoms with Crippen LogP contribution in [0.2, 0.25) is 0 Å². The Balaban J connectivity index is 1.81. The van der Waals surface area contributed by atoms with Crippen LogP contribution in [-0.4, -0.2) is 61.5 Å². The van der Waals surface area contributed by atoms with Gasteiger partial charge in [0.1, 0.15) is 0 Å². The van der Waals surface area contributed by atoms with Gasteiger partial charge in [0.05, 0.1) is 6.54 Å². The van der Waals surface area contributed by atoms with E-state index in [2.05, 4.69) is 29.2 Å². The van der Waals surface area contributed by atoms with Crippen LogP contribution in [0.5, 0.6) is 0 Å². The lowest BCUT2D eigenvalue weighted by Gasteiger charge is -2.30. The maximum Gasteiger partial charge on any atom is 0.236 e. The summed E-state index contributed by atoms with van der Waals surface area (Å²) >= 11 is 0. The Morgan fingerprint density at radius 1 is 1.00 bits per heavy atom. The van der Waals surface area contributed by atoms with Gasteiger partial charge in [-0.2, -0.15) is 0 Å². The molecule has 0 heterocycles. The highest BCUT2D eigenvalue weighted by Gasteiger charge is 2.27. The summed E-state index contributed by atoms with van der Waals surface area (Å²) < 4.78 is 0. The summed E-state index contributed by atoms with van der Waals surface area (Å²) in [6.07, 6.45) is 10.1. The summed E-state index contributed by atoms with van der Waals surface area (Å²) in [6, 6.07) is 1.08. The number of nitrogens with zero attached hydrogens (tertiary/aromatic N) is 2. The van der Waals surface area contributed by atoms with E-state index in [-0.39, 0.29) is 0 Å². The smallest absolute Gasteiger partial charge is 0.236 e. The van der Waals surface area contributed by atoms with Crippen molar-refractivity contribution in [1.29, 1.82) is 0 Å². The van der Waals surface area contributed by atoms with E-state index in [0.29, 0.717) is 24.5 Å². The highest BCUT2D eigenvalue weighted by molar-refractivity contribution is 5.78. The van der Waals surface area contributed by atoms with Crippen LogP contribution in [0.15, 0.2) is 0 Å². The zero-order valence-corrected chi connectivity index (χ0v) is 13.2. The lowest BCUT2D eigenvalue weighted by Crippen LogP contribution is -2.47. The van der Waals surface area contributed by atoms with Crippen molar-refractivity contribution in [2.45, 2.75) is 63.5 Å². The third kappa shape index (κ3) is 4.74. The molecule has 4 nitrogen and oxygen atoms in total. The van der Waals surface area contributed by atoms with E-state index < -0.39 is 0 Å². The first kappa shape index (κ1) is 15.8. The predicted octanol–water partition coefficient (Wildman–Crippen LogP) is 1.85. The first-order valence-electron chi connectivity index (χ1n) is 8.34. The molecule has 0 aliphatic heterocycles. The van der Waals surface area contributed by atoms with E-state index in [9.17, 15) is 4.79 Å². The SMILES string of the molecule is CN(C)CCN(C(=O)CNC1CCCC1)C1CCCC1. The van der Waals surface area contributed by atoms with Gasteiger partial charge in [-0.3, -0.25) is 4.79 Å². The fourth-order valence-corrected chi connectivity index (χ4v) is 3.50. The van der Waals surface area contributed by atoms with Gasteiger partial charge in [0.25, 0.3) is 0 Å². The van der Waals surface area contributed by atoms with Gasteiger partial charge in [0.2, 0.25) is 5.91 Å². The van der Waals surface area contributed by atoms with E-state index >= 15 is 0 Å². The van der Waals surface area contributed by atoms with Crippen molar-refractivity contribution < 1.29 is 4.79 Å². The van der Waals surface area contributed by atoms with Crippen LogP contribution in [0, 0.1) is 0 Å². The standard InChI is InChI=1S/C16H31N3O/c1-18(2)11-12-19(15-9-5-6-10-15)16(20)13-17-14-7-3-4-8-14/h14-15,17H,3-13H2,1-2H3. The second-order valence-corrected chi connectivity index (χ2v) is 6.69. The van der Waals surface area contributed by atoms with Gasteiger partial charge in [0, 0.05) is 25.2 Å². The number of nitrogens with one attached hydrogen (secondary N) is 1. The molecule has 2 aliphatic rings. The van der Waals surface area contributed by atoms with Gasteiger partial charge >= 0.3 is 0 Å². The summed E-state index contributed by atoms with van der Waals surface area (Å²) in [5.74, 6) is 0.311. The van der Waals surface area contributed by atoms with Crippen LogP contribution in [0.1, 0.15) is 51.4 Å². The van der Waals surface area contributed by atoms with Gasteiger partial charge < -0.3 is 15.1 Å². The normalized spacial score (nSPS) is 20.9. The Morgan fingerprint density at radius 2 is 1.60 bits per heavy atom. The number of hydrogen-bond acceptors (Lipinski definition) is 3. The molecular weight excluding hydrogens is 250 g/mol. The molecule has 20 heavy (non-hydrogen) atoms. The minimum absolute atomic E-state index is 0.311. The molecule has 0 atom stereocenters. The summed E-state index contributed by atoms with van der Waals surface area (Å²) in [7, 11) is 4.15. The van der Waals surface area contributed by atoms with Crippen LogP contribution in [0.4, 0.5) is 0 Å². The molecule has 0 aromatic carbocycles. The molecular formula is C16H31N3O. The lowest BCUT2D eigenvalue weighted by atomic mass is 10.2. The number of amides is 1. The van der Waals surface area contributed by atoms with E-state index in [0.717, 1.165) is 13.1 Å². The Labute approximate surface area is 123 Å². The lowest BCUT2D eigenvalue weighted by molar-refractivity contribution is -0.132. The molecule has 2 saturated carbocycles. The van der Waals surface area contributed by atoms with Crippen LogP contribution < -0.4 is 5.32 Å². The number of likely N-dealkylation sites (N-methyl/N-ethyl adjacent to an activating group) is 1. The van der Waals surface area contributed by atoms with Crippen LogP contribution in [-0.2, 0) is 4.79 Å². The molecule has 4 heteroatoms. The maximum absolute atomic E-state index is 12.5. The Kier molecular flexibility index (Phi) is 6.30. The fourth-order valence-electron chi connectivity index (χ4n) is 3.50. The topological polar surface area (TPSA) is 35.6 Å². The van der Waals surface area contributed by atoms with Crippen LogP contribution in [0.3, 0.4) is 0 Å². The zero-order valence-electron chi connectivity index (χ0n) is 13.2. The minimum atomic E-state index is 0.311. The number of hydrogen-bond donors (Lipinski definition) is 1. The van der Waals surface area contributed by atoms with E-state index in [1.54, 1.807) is 0 Å². The highest BCUT2D eigenvalue weighted by atomic mass is 16.2. The van der Waals surface area contributed by atoms with E-state index in [1.165, 1.54) is 51.4 Å². The first-order chi connectivity index (χ1) is 9.66. The Hall–Kier alpha value is -0.610. The molecule has 1 amide bonds. The predicted molar refractivity (Wildman–Crippen MR) is 82.8 cm³/mol. The second kappa shape index (κ2) is 7.99.